The second-order valence-electron chi connectivity index (χ2n) is 9.18. The molecule has 1 aromatic heterocycles. The Hall–Kier alpha value is -2.22. The number of benzene rings is 1. The predicted octanol–water partition coefficient (Wildman–Crippen LogP) is 3.17. The molecule has 2 saturated heterocycles. The zero-order valence-corrected chi connectivity index (χ0v) is 19.7. The average Bonchev–Trinajstić information content (AvgIpc) is 3.19. The second kappa shape index (κ2) is 10.6. The number of para-hydroxylation sites is 1. The van der Waals surface area contributed by atoms with E-state index in [-0.39, 0.29) is 0 Å². The van der Waals surface area contributed by atoms with E-state index < -0.39 is 0 Å². The predicted molar refractivity (Wildman–Crippen MR) is 124 cm³/mol. The lowest BCUT2D eigenvalue weighted by Crippen LogP contribution is -2.44. The van der Waals surface area contributed by atoms with Gasteiger partial charge in [-0.15, -0.1) is 0 Å². The van der Waals surface area contributed by atoms with Gasteiger partial charge in [-0.1, -0.05) is 12.1 Å². The molecule has 2 aromatic rings. The van der Waals surface area contributed by atoms with Crippen LogP contribution in [0.3, 0.4) is 0 Å². The summed E-state index contributed by atoms with van der Waals surface area (Å²) in [7, 11) is 5.13. The van der Waals surface area contributed by atoms with Crippen molar-refractivity contribution in [2.45, 2.75) is 38.8 Å². The molecule has 1 spiro atoms. The van der Waals surface area contributed by atoms with Crippen molar-refractivity contribution < 1.29 is 14.2 Å². The van der Waals surface area contributed by atoms with Crippen molar-refractivity contribution in [3.05, 3.63) is 47.5 Å². The highest BCUT2D eigenvalue weighted by Gasteiger charge is 2.41. The molecule has 0 N–H and O–H groups in total. The molecule has 0 bridgehead atoms. The highest BCUT2D eigenvalue weighted by atomic mass is 16.5. The number of methoxy groups -OCH3 is 3. The highest BCUT2D eigenvalue weighted by molar-refractivity contribution is 5.46. The first kappa shape index (κ1) is 23.0. The smallest absolute Gasteiger partial charge is 0.165 e. The number of likely N-dealkylation sites (tertiary alicyclic amines) is 2. The number of hydrogen-bond acceptors (Lipinski definition) is 7. The van der Waals surface area contributed by atoms with Crippen molar-refractivity contribution in [1.82, 2.24) is 19.8 Å². The van der Waals surface area contributed by atoms with Crippen LogP contribution in [0.25, 0.3) is 0 Å². The van der Waals surface area contributed by atoms with Crippen LogP contribution in [-0.2, 0) is 24.2 Å². The van der Waals surface area contributed by atoms with Crippen molar-refractivity contribution in [3.63, 3.8) is 0 Å². The highest BCUT2D eigenvalue weighted by Crippen LogP contribution is 2.40. The van der Waals surface area contributed by atoms with Gasteiger partial charge in [0.1, 0.15) is 5.82 Å². The molecule has 0 radical (unpaired) electrons. The van der Waals surface area contributed by atoms with Gasteiger partial charge in [0.2, 0.25) is 0 Å². The van der Waals surface area contributed by atoms with Gasteiger partial charge in [-0.3, -0.25) is 9.80 Å². The molecule has 0 saturated carbocycles. The third kappa shape index (κ3) is 5.39. The molecule has 4 rings (SSSR count). The molecular formula is C25H36N4O3. The number of nitrogens with zero attached hydrogens (tertiary/aromatic N) is 4. The van der Waals surface area contributed by atoms with Gasteiger partial charge < -0.3 is 14.2 Å². The summed E-state index contributed by atoms with van der Waals surface area (Å²) in [5.74, 6) is 2.51. The van der Waals surface area contributed by atoms with Gasteiger partial charge >= 0.3 is 0 Å². The number of hydrogen-bond donors (Lipinski definition) is 0. The number of piperidine rings is 1. The number of aromatic nitrogens is 2. The van der Waals surface area contributed by atoms with Gasteiger partial charge in [0.25, 0.3) is 0 Å². The van der Waals surface area contributed by atoms with Crippen LogP contribution in [0.2, 0.25) is 0 Å². The Bertz CT molecular complexity index is 876. The van der Waals surface area contributed by atoms with Crippen LogP contribution in [0.5, 0.6) is 11.5 Å². The zero-order valence-electron chi connectivity index (χ0n) is 19.7. The molecule has 1 aromatic carbocycles. The van der Waals surface area contributed by atoms with Crippen LogP contribution in [0, 0.1) is 5.41 Å². The molecule has 2 aliphatic rings. The Morgan fingerprint density at radius 2 is 1.72 bits per heavy atom. The first-order valence-corrected chi connectivity index (χ1v) is 11.6. The van der Waals surface area contributed by atoms with Crippen LogP contribution in [-0.4, -0.2) is 73.9 Å². The summed E-state index contributed by atoms with van der Waals surface area (Å²) in [6.45, 7) is 7.04. The molecule has 0 amide bonds. The SMILES string of the molecule is COCCc1ncc(CN2CC[C@]3(CCCN(Cc4cccc(OC)c4OC)C3)C2)cn1. The topological polar surface area (TPSA) is 60.0 Å². The summed E-state index contributed by atoms with van der Waals surface area (Å²) < 4.78 is 16.3. The molecular weight excluding hydrogens is 404 g/mol. The number of rotatable bonds is 9. The van der Waals surface area contributed by atoms with E-state index in [2.05, 4.69) is 31.9 Å². The normalized spacial score (nSPS) is 21.8. The fourth-order valence-electron chi connectivity index (χ4n) is 5.30. The molecule has 32 heavy (non-hydrogen) atoms. The molecule has 0 aliphatic carbocycles. The van der Waals surface area contributed by atoms with E-state index in [4.69, 9.17) is 14.2 Å². The maximum Gasteiger partial charge on any atom is 0.165 e. The third-order valence-electron chi connectivity index (χ3n) is 6.83. The monoisotopic (exact) mass is 440 g/mol. The first-order chi connectivity index (χ1) is 15.6. The Morgan fingerprint density at radius 1 is 0.938 bits per heavy atom. The summed E-state index contributed by atoms with van der Waals surface area (Å²) in [5, 5.41) is 0. The summed E-state index contributed by atoms with van der Waals surface area (Å²) in [6, 6.07) is 6.17. The quantitative estimate of drug-likeness (QED) is 0.594. The minimum absolute atomic E-state index is 0.379. The average molecular weight is 441 g/mol. The van der Waals surface area contributed by atoms with Crippen molar-refractivity contribution in [2.75, 3.05) is 54.1 Å². The van der Waals surface area contributed by atoms with E-state index in [1.54, 1.807) is 21.3 Å². The molecule has 0 unspecified atom stereocenters. The maximum atomic E-state index is 5.66. The van der Waals surface area contributed by atoms with E-state index in [9.17, 15) is 0 Å². The van der Waals surface area contributed by atoms with Gasteiger partial charge in [-0.2, -0.15) is 0 Å². The molecule has 7 nitrogen and oxygen atoms in total. The second-order valence-corrected chi connectivity index (χ2v) is 9.18. The largest absolute Gasteiger partial charge is 0.493 e. The van der Waals surface area contributed by atoms with E-state index in [1.807, 2.05) is 18.5 Å². The van der Waals surface area contributed by atoms with E-state index >= 15 is 0 Å². The summed E-state index contributed by atoms with van der Waals surface area (Å²) >= 11 is 0. The van der Waals surface area contributed by atoms with Gasteiger partial charge in [0.15, 0.2) is 11.5 Å². The molecule has 3 heterocycles. The third-order valence-corrected chi connectivity index (χ3v) is 6.83. The fraction of sp³-hybridized carbons (Fsp3) is 0.600. The lowest BCUT2D eigenvalue weighted by molar-refractivity contribution is 0.0859. The summed E-state index contributed by atoms with van der Waals surface area (Å²) in [6.07, 6.45) is 8.53. The molecule has 1 atom stereocenters. The van der Waals surface area contributed by atoms with E-state index in [1.165, 1.54) is 30.4 Å². The standard InChI is InChI=1S/C25H36N4O3/c1-30-13-8-23-26-14-20(15-27-23)16-29-12-10-25(19-29)9-5-11-28(18-25)17-21-6-4-7-22(31-2)24(21)32-3/h4,6-7,14-15H,5,8-13,16-19H2,1-3H3/t25-/m0/s1. The lowest BCUT2D eigenvalue weighted by atomic mass is 9.79. The number of ether oxygens (including phenoxy) is 3. The van der Waals surface area contributed by atoms with Gasteiger partial charge in [-0.25, -0.2) is 9.97 Å². The Balaban J connectivity index is 1.35. The first-order valence-electron chi connectivity index (χ1n) is 11.6. The van der Waals surface area contributed by atoms with Crippen LogP contribution < -0.4 is 9.47 Å². The minimum Gasteiger partial charge on any atom is -0.493 e. The van der Waals surface area contributed by atoms with Crippen LogP contribution in [0.4, 0.5) is 0 Å². The van der Waals surface area contributed by atoms with Crippen LogP contribution >= 0.6 is 0 Å². The Morgan fingerprint density at radius 3 is 2.44 bits per heavy atom. The Labute approximate surface area is 191 Å². The molecule has 7 heteroatoms. The van der Waals surface area contributed by atoms with Crippen molar-refractivity contribution in [2.24, 2.45) is 5.41 Å². The minimum atomic E-state index is 0.379. The van der Waals surface area contributed by atoms with E-state index in [0.29, 0.717) is 12.0 Å². The van der Waals surface area contributed by atoms with E-state index in [0.717, 1.165) is 63.0 Å². The summed E-state index contributed by atoms with van der Waals surface area (Å²) in [5.41, 5.74) is 2.77. The van der Waals surface area contributed by atoms with Gasteiger partial charge in [0.05, 0.1) is 20.8 Å². The lowest BCUT2D eigenvalue weighted by Gasteiger charge is -2.40. The molecule has 2 aliphatic heterocycles. The van der Waals surface area contributed by atoms with Gasteiger partial charge in [0, 0.05) is 63.2 Å². The van der Waals surface area contributed by atoms with Crippen molar-refractivity contribution in [3.8, 4) is 11.5 Å². The fourth-order valence-corrected chi connectivity index (χ4v) is 5.30. The van der Waals surface area contributed by atoms with Crippen LogP contribution in [0.15, 0.2) is 30.6 Å². The zero-order chi connectivity index (χ0) is 22.4. The van der Waals surface area contributed by atoms with Crippen molar-refractivity contribution in [1.29, 1.82) is 0 Å². The summed E-state index contributed by atoms with van der Waals surface area (Å²) in [4.78, 5) is 14.2. The van der Waals surface area contributed by atoms with Crippen molar-refractivity contribution >= 4 is 0 Å². The van der Waals surface area contributed by atoms with Gasteiger partial charge in [-0.05, 0) is 43.8 Å². The molecule has 2 fully saturated rings. The Kier molecular flexibility index (Phi) is 7.60. The maximum absolute atomic E-state index is 5.66. The van der Waals surface area contributed by atoms with Crippen LogP contribution in [0.1, 0.15) is 36.2 Å². The molecule has 174 valence electrons.